The number of imidazole rings is 1. The zero-order valence-electron chi connectivity index (χ0n) is 11.7. The summed E-state index contributed by atoms with van der Waals surface area (Å²) in [4.78, 5) is 9.54. The van der Waals surface area contributed by atoms with Crippen LogP contribution in [0.5, 0.6) is 0 Å². The number of fused-ring (bicyclic) bond motifs is 1. The van der Waals surface area contributed by atoms with E-state index >= 15 is 0 Å². The van der Waals surface area contributed by atoms with E-state index in [1.807, 2.05) is 0 Å². The van der Waals surface area contributed by atoms with E-state index in [2.05, 4.69) is 9.97 Å². The molecule has 0 saturated carbocycles. The third kappa shape index (κ3) is 4.65. The molecule has 0 spiro atoms. The van der Waals surface area contributed by atoms with E-state index in [1.165, 1.54) is 11.1 Å². The Kier molecular flexibility index (Phi) is 5.33. The monoisotopic (exact) mass is 318 g/mol. The average Bonchev–Trinajstić information content (AvgIpc) is 2.87. The average molecular weight is 318 g/mol. The fourth-order valence-electron chi connectivity index (χ4n) is 2.10. The van der Waals surface area contributed by atoms with Crippen LogP contribution in [0.15, 0.2) is 24.7 Å². The second kappa shape index (κ2) is 7.03. The van der Waals surface area contributed by atoms with Crippen molar-refractivity contribution in [2.45, 2.75) is 25.2 Å². The number of halogens is 3. The maximum atomic E-state index is 12.4. The molecule has 2 aromatic heterocycles. The summed E-state index contributed by atoms with van der Waals surface area (Å²) < 4.78 is 38.9. The summed E-state index contributed by atoms with van der Waals surface area (Å²) in [7, 11) is 0. The minimum Gasteiger partial charge on any atom is -0.394 e. The molecule has 6 nitrogen and oxygen atoms in total. The number of nitrogens with zero attached hydrogens (tertiary/aromatic N) is 4. The maximum Gasteiger partial charge on any atom is 0.390 e. The largest absolute Gasteiger partial charge is 0.394 e. The molecular formula is C13H17F3N4O2. The first kappa shape index (κ1) is 16.7. The molecule has 22 heavy (non-hydrogen) atoms. The van der Waals surface area contributed by atoms with E-state index in [9.17, 15) is 18.3 Å². The van der Waals surface area contributed by atoms with Crippen molar-refractivity contribution >= 4 is 5.78 Å². The number of hydrogen-bond donors (Lipinski definition) is 2. The van der Waals surface area contributed by atoms with E-state index in [-0.39, 0.29) is 19.6 Å². The SMILES string of the molecule is OC[C@@H](O)CN(CCC(F)(F)F)Cc1cnc2ncccn12. The molecule has 2 heterocycles. The molecule has 2 aromatic rings. The highest BCUT2D eigenvalue weighted by atomic mass is 19.4. The van der Waals surface area contributed by atoms with Gasteiger partial charge in [-0.2, -0.15) is 13.2 Å². The van der Waals surface area contributed by atoms with Gasteiger partial charge >= 0.3 is 6.18 Å². The second-order valence-corrected chi connectivity index (χ2v) is 4.98. The Morgan fingerprint density at radius 2 is 2.09 bits per heavy atom. The lowest BCUT2D eigenvalue weighted by Crippen LogP contribution is -2.36. The highest BCUT2D eigenvalue weighted by Crippen LogP contribution is 2.20. The lowest BCUT2D eigenvalue weighted by molar-refractivity contribution is -0.139. The van der Waals surface area contributed by atoms with Gasteiger partial charge in [-0.15, -0.1) is 0 Å². The zero-order chi connectivity index (χ0) is 16.2. The molecule has 9 heteroatoms. The van der Waals surface area contributed by atoms with Gasteiger partial charge in [0.1, 0.15) is 0 Å². The minimum absolute atomic E-state index is 0.0555. The van der Waals surface area contributed by atoms with Gasteiger partial charge in [0.25, 0.3) is 0 Å². The quantitative estimate of drug-likeness (QED) is 0.791. The van der Waals surface area contributed by atoms with Crippen LogP contribution in [-0.2, 0) is 6.54 Å². The van der Waals surface area contributed by atoms with Crippen molar-refractivity contribution in [3.8, 4) is 0 Å². The van der Waals surface area contributed by atoms with Gasteiger partial charge in [-0.1, -0.05) is 0 Å². The first-order chi connectivity index (χ1) is 10.4. The van der Waals surface area contributed by atoms with Crippen LogP contribution in [0.1, 0.15) is 12.1 Å². The molecule has 2 N–H and O–H groups in total. The van der Waals surface area contributed by atoms with Crippen molar-refractivity contribution in [1.82, 2.24) is 19.3 Å². The second-order valence-electron chi connectivity index (χ2n) is 4.98. The molecule has 2 rings (SSSR count). The van der Waals surface area contributed by atoms with Gasteiger partial charge in [-0.25, -0.2) is 9.97 Å². The Labute approximate surface area is 124 Å². The first-order valence-electron chi connectivity index (χ1n) is 6.74. The van der Waals surface area contributed by atoms with Crippen LogP contribution < -0.4 is 0 Å². The fourth-order valence-corrected chi connectivity index (χ4v) is 2.10. The normalized spacial score (nSPS) is 13.9. The van der Waals surface area contributed by atoms with E-state index in [4.69, 9.17) is 5.11 Å². The lowest BCUT2D eigenvalue weighted by Gasteiger charge is -2.24. The third-order valence-electron chi connectivity index (χ3n) is 3.14. The Balaban J connectivity index is 2.10. The summed E-state index contributed by atoms with van der Waals surface area (Å²) in [6.07, 6.45) is -1.53. The van der Waals surface area contributed by atoms with Crippen molar-refractivity contribution < 1.29 is 23.4 Å². The third-order valence-corrected chi connectivity index (χ3v) is 3.14. The summed E-state index contributed by atoms with van der Waals surface area (Å²) in [5.41, 5.74) is 0.662. The van der Waals surface area contributed by atoms with E-state index < -0.39 is 25.3 Å². The summed E-state index contributed by atoms with van der Waals surface area (Å²) in [6, 6.07) is 1.70. The molecular weight excluding hydrogens is 301 g/mol. The summed E-state index contributed by atoms with van der Waals surface area (Å²) >= 11 is 0. The highest BCUT2D eigenvalue weighted by Gasteiger charge is 2.28. The van der Waals surface area contributed by atoms with Gasteiger partial charge in [0, 0.05) is 32.0 Å². The van der Waals surface area contributed by atoms with Crippen molar-refractivity contribution in [2.24, 2.45) is 0 Å². The summed E-state index contributed by atoms with van der Waals surface area (Å²) in [6.45, 7) is -0.661. The van der Waals surface area contributed by atoms with Crippen LogP contribution in [0.4, 0.5) is 13.2 Å². The predicted molar refractivity (Wildman–Crippen MR) is 72.0 cm³/mol. The molecule has 0 aliphatic carbocycles. The van der Waals surface area contributed by atoms with Gasteiger partial charge in [-0.05, 0) is 6.07 Å². The van der Waals surface area contributed by atoms with Crippen LogP contribution in [-0.4, -0.2) is 61.5 Å². The molecule has 1 atom stereocenters. The molecule has 0 aliphatic rings. The number of aromatic nitrogens is 3. The van der Waals surface area contributed by atoms with E-state index in [1.54, 1.807) is 22.9 Å². The topological polar surface area (TPSA) is 73.9 Å². The Hall–Kier alpha value is -1.71. The van der Waals surface area contributed by atoms with Gasteiger partial charge in [-0.3, -0.25) is 9.30 Å². The first-order valence-corrected chi connectivity index (χ1v) is 6.74. The molecule has 0 bridgehead atoms. The number of hydrogen-bond acceptors (Lipinski definition) is 5. The van der Waals surface area contributed by atoms with Crippen molar-refractivity contribution in [1.29, 1.82) is 0 Å². The molecule has 0 amide bonds. The van der Waals surface area contributed by atoms with Crippen LogP contribution in [0.25, 0.3) is 5.78 Å². The minimum atomic E-state index is -4.27. The molecule has 0 fully saturated rings. The Bertz CT molecular complexity index is 602. The molecule has 0 aliphatic heterocycles. The molecule has 122 valence electrons. The number of alkyl halides is 3. The summed E-state index contributed by atoms with van der Waals surface area (Å²) in [5.74, 6) is 0.455. The van der Waals surface area contributed by atoms with Gasteiger partial charge < -0.3 is 10.2 Å². The number of aliphatic hydroxyl groups excluding tert-OH is 2. The number of aliphatic hydroxyl groups is 2. The zero-order valence-corrected chi connectivity index (χ0v) is 11.7. The fraction of sp³-hybridized carbons (Fsp3) is 0.538. The van der Waals surface area contributed by atoms with Crippen LogP contribution in [0, 0.1) is 0 Å². The molecule has 0 unspecified atom stereocenters. The predicted octanol–water partition coefficient (Wildman–Crippen LogP) is 0.837. The van der Waals surface area contributed by atoms with Crippen LogP contribution >= 0.6 is 0 Å². The van der Waals surface area contributed by atoms with Crippen molar-refractivity contribution in [3.05, 3.63) is 30.4 Å². The van der Waals surface area contributed by atoms with E-state index in [0.717, 1.165) is 0 Å². The molecule has 0 saturated heterocycles. The van der Waals surface area contributed by atoms with Crippen LogP contribution in [0.2, 0.25) is 0 Å². The van der Waals surface area contributed by atoms with Crippen molar-refractivity contribution in [3.63, 3.8) is 0 Å². The lowest BCUT2D eigenvalue weighted by atomic mass is 10.2. The van der Waals surface area contributed by atoms with Gasteiger partial charge in [0.15, 0.2) is 0 Å². The number of rotatable bonds is 7. The Morgan fingerprint density at radius 1 is 1.32 bits per heavy atom. The van der Waals surface area contributed by atoms with E-state index in [0.29, 0.717) is 11.5 Å². The highest BCUT2D eigenvalue weighted by molar-refractivity contribution is 5.30. The molecule has 0 radical (unpaired) electrons. The smallest absolute Gasteiger partial charge is 0.390 e. The van der Waals surface area contributed by atoms with Crippen molar-refractivity contribution in [2.75, 3.05) is 19.7 Å². The summed E-state index contributed by atoms with van der Waals surface area (Å²) in [5, 5.41) is 18.4. The molecule has 0 aromatic carbocycles. The maximum absolute atomic E-state index is 12.4. The van der Waals surface area contributed by atoms with Gasteiger partial charge in [0.2, 0.25) is 5.78 Å². The van der Waals surface area contributed by atoms with Gasteiger partial charge in [0.05, 0.1) is 31.0 Å². The standard InChI is InChI=1S/C13H17F3N4O2/c14-13(15,16)2-5-19(8-11(22)9-21)7-10-6-18-12-17-3-1-4-20(10)12/h1,3-4,6,11,21-22H,2,5,7-9H2/t11-/m0/s1. The Morgan fingerprint density at radius 3 is 2.77 bits per heavy atom. The van der Waals surface area contributed by atoms with Crippen LogP contribution in [0.3, 0.4) is 0 Å².